The van der Waals surface area contributed by atoms with Crippen molar-refractivity contribution in [3.05, 3.63) is 64.9 Å². The first kappa shape index (κ1) is 21.2. The Labute approximate surface area is 172 Å². The van der Waals surface area contributed by atoms with E-state index in [0.29, 0.717) is 0 Å². The van der Waals surface area contributed by atoms with Crippen LogP contribution in [0.3, 0.4) is 0 Å². The van der Waals surface area contributed by atoms with E-state index in [1.807, 2.05) is 0 Å². The molecule has 29 heavy (non-hydrogen) atoms. The lowest BCUT2D eigenvalue weighted by atomic mass is 10.2. The molecule has 0 saturated carbocycles. The van der Waals surface area contributed by atoms with Gasteiger partial charge in [-0.25, -0.2) is 17.6 Å². The van der Waals surface area contributed by atoms with Crippen LogP contribution in [-0.2, 0) is 19.6 Å². The highest BCUT2D eigenvalue weighted by atomic mass is 35.5. The van der Waals surface area contributed by atoms with E-state index in [9.17, 15) is 22.4 Å². The molecule has 154 valence electrons. The molecule has 3 rings (SSSR count). The summed E-state index contributed by atoms with van der Waals surface area (Å²) in [6, 6.07) is 11.5. The number of esters is 1. The third-order valence-corrected chi connectivity index (χ3v) is 6.60. The highest BCUT2D eigenvalue weighted by Gasteiger charge is 2.30. The minimum Gasteiger partial charge on any atom is -0.452 e. The summed E-state index contributed by atoms with van der Waals surface area (Å²) in [5, 5.41) is 0.167. The summed E-state index contributed by atoms with van der Waals surface area (Å²) in [6.45, 7) is -0.00214. The lowest BCUT2D eigenvalue weighted by Gasteiger charge is -2.33. The van der Waals surface area contributed by atoms with Crippen LogP contribution in [0, 0.1) is 5.82 Å². The Morgan fingerprint density at radius 3 is 2.34 bits per heavy atom. The van der Waals surface area contributed by atoms with Crippen LogP contribution in [0.1, 0.15) is 10.4 Å². The van der Waals surface area contributed by atoms with Gasteiger partial charge in [0.05, 0.1) is 10.5 Å². The Hall–Kier alpha value is -2.49. The Kier molecular flexibility index (Phi) is 6.51. The monoisotopic (exact) mass is 440 g/mol. The number of halogens is 2. The molecule has 1 aliphatic rings. The first-order valence-electron chi connectivity index (χ1n) is 8.74. The van der Waals surface area contributed by atoms with Gasteiger partial charge < -0.3 is 9.64 Å². The van der Waals surface area contributed by atoms with Crippen molar-refractivity contribution >= 4 is 33.5 Å². The molecule has 0 aromatic heterocycles. The average Bonchev–Trinajstić information content (AvgIpc) is 2.74. The van der Waals surface area contributed by atoms with Gasteiger partial charge in [-0.2, -0.15) is 4.31 Å². The van der Waals surface area contributed by atoms with Crippen LogP contribution in [0.4, 0.5) is 4.39 Å². The summed E-state index contributed by atoms with van der Waals surface area (Å²) in [7, 11) is -3.63. The van der Waals surface area contributed by atoms with Crippen LogP contribution >= 0.6 is 11.6 Å². The molecule has 0 aliphatic carbocycles. The van der Waals surface area contributed by atoms with Gasteiger partial charge in [0.15, 0.2) is 6.61 Å². The number of amides is 1. The molecule has 10 heteroatoms. The maximum Gasteiger partial charge on any atom is 0.341 e. The minimum atomic E-state index is -3.63. The molecule has 1 fully saturated rings. The SMILES string of the molecule is O=C(OCC(=O)N1CCN(S(=O)(=O)c2ccccc2)CC1)c1cc(Cl)ccc1F. The third kappa shape index (κ3) is 4.92. The van der Waals surface area contributed by atoms with Crippen LogP contribution in [0.5, 0.6) is 0 Å². The van der Waals surface area contributed by atoms with Crippen molar-refractivity contribution < 1.29 is 27.1 Å². The molecule has 2 aromatic rings. The van der Waals surface area contributed by atoms with Gasteiger partial charge in [0.1, 0.15) is 5.82 Å². The Morgan fingerprint density at radius 1 is 1.03 bits per heavy atom. The van der Waals surface area contributed by atoms with Gasteiger partial charge in [-0.1, -0.05) is 29.8 Å². The molecular weight excluding hydrogens is 423 g/mol. The van der Waals surface area contributed by atoms with E-state index < -0.39 is 34.3 Å². The first-order valence-corrected chi connectivity index (χ1v) is 10.6. The summed E-state index contributed by atoms with van der Waals surface area (Å²) < 4.78 is 45.1. The van der Waals surface area contributed by atoms with Crippen LogP contribution in [-0.4, -0.2) is 62.3 Å². The summed E-state index contributed by atoms with van der Waals surface area (Å²) in [5.74, 6) is -2.28. The molecule has 1 amide bonds. The van der Waals surface area contributed by atoms with Crippen LogP contribution in [0.25, 0.3) is 0 Å². The number of hydrogen-bond acceptors (Lipinski definition) is 5. The van der Waals surface area contributed by atoms with Crippen molar-refractivity contribution in [2.75, 3.05) is 32.8 Å². The number of rotatable bonds is 5. The number of piperazine rings is 1. The topological polar surface area (TPSA) is 84.0 Å². The molecule has 2 aromatic carbocycles. The van der Waals surface area contributed by atoms with E-state index in [0.717, 1.165) is 12.1 Å². The maximum absolute atomic E-state index is 13.7. The molecule has 0 spiro atoms. The molecule has 0 atom stereocenters. The smallest absolute Gasteiger partial charge is 0.341 e. The maximum atomic E-state index is 13.7. The van der Waals surface area contributed by atoms with Crippen molar-refractivity contribution in [1.82, 2.24) is 9.21 Å². The fraction of sp³-hybridized carbons (Fsp3) is 0.263. The molecule has 0 unspecified atom stereocenters. The Balaban J connectivity index is 1.54. The number of ether oxygens (including phenoxy) is 1. The fourth-order valence-corrected chi connectivity index (χ4v) is 4.48. The molecule has 0 N–H and O–H groups in total. The average molecular weight is 441 g/mol. The van der Waals surface area contributed by atoms with Gasteiger partial charge in [-0.05, 0) is 30.3 Å². The van der Waals surface area contributed by atoms with Gasteiger partial charge >= 0.3 is 5.97 Å². The van der Waals surface area contributed by atoms with E-state index in [1.165, 1.54) is 27.4 Å². The number of benzene rings is 2. The first-order chi connectivity index (χ1) is 13.8. The van der Waals surface area contributed by atoms with Crippen molar-refractivity contribution in [2.24, 2.45) is 0 Å². The third-order valence-electron chi connectivity index (χ3n) is 4.45. The highest BCUT2D eigenvalue weighted by molar-refractivity contribution is 7.89. The van der Waals surface area contributed by atoms with Gasteiger partial charge in [0.2, 0.25) is 10.0 Å². The van der Waals surface area contributed by atoms with E-state index >= 15 is 0 Å². The van der Waals surface area contributed by atoms with Crippen molar-refractivity contribution in [3.8, 4) is 0 Å². The zero-order valence-corrected chi connectivity index (χ0v) is 16.8. The second-order valence-corrected chi connectivity index (χ2v) is 8.67. The van der Waals surface area contributed by atoms with Gasteiger partial charge in [0.25, 0.3) is 5.91 Å². The van der Waals surface area contributed by atoms with E-state index in [1.54, 1.807) is 18.2 Å². The van der Waals surface area contributed by atoms with Gasteiger partial charge in [-0.3, -0.25) is 4.79 Å². The summed E-state index contributed by atoms with van der Waals surface area (Å²) in [4.78, 5) is 25.8. The van der Waals surface area contributed by atoms with Gasteiger partial charge in [0, 0.05) is 31.2 Å². The predicted octanol–water partition coefficient (Wildman–Crippen LogP) is 2.17. The largest absolute Gasteiger partial charge is 0.452 e. The minimum absolute atomic E-state index is 0.125. The van der Waals surface area contributed by atoms with Crippen molar-refractivity contribution in [1.29, 1.82) is 0 Å². The predicted molar refractivity (Wildman–Crippen MR) is 103 cm³/mol. The highest BCUT2D eigenvalue weighted by Crippen LogP contribution is 2.18. The zero-order chi connectivity index (χ0) is 21.0. The number of carbonyl (C=O) groups excluding carboxylic acids is 2. The molecule has 1 aliphatic heterocycles. The number of carbonyl (C=O) groups is 2. The molecule has 1 heterocycles. The summed E-state index contributed by atoms with van der Waals surface area (Å²) in [5.41, 5.74) is -0.357. The normalized spacial score (nSPS) is 15.2. The summed E-state index contributed by atoms with van der Waals surface area (Å²) >= 11 is 5.74. The van der Waals surface area contributed by atoms with Gasteiger partial charge in [-0.15, -0.1) is 0 Å². The van der Waals surface area contributed by atoms with E-state index in [4.69, 9.17) is 16.3 Å². The fourth-order valence-electron chi connectivity index (χ4n) is 2.87. The van der Waals surface area contributed by atoms with Crippen LogP contribution in [0.2, 0.25) is 5.02 Å². The molecule has 0 radical (unpaired) electrons. The number of sulfonamides is 1. The lowest BCUT2D eigenvalue weighted by Crippen LogP contribution is -2.51. The summed E-state index contributed by atoms with van der Waals surface area (Å²) in [6.07, 6.45) is 0. The van der Waals surface area contributed by atoms with E-state index in [-0.39, 0.29) is 41.7 Å². The molecule has 0 bridgehead atoms. The van der Waals surface area contributed by atoms with Crippen molar-refractivity contribution in [3.63, 3.8) is 0 Å². The number of nitrogens with zero attached hydrogens (tertiary/aromatic N) is 2. The van der Waals surface area contributed by atoms with E-state index in [2.05, 4.69) is 0 Å². The standard InChI is InChI=1S/C19H18ClFN2O5S/c20-14-6-7-17(21)16(12-14)19(25)28-13-18(24)22-8-10-23(11-9-22)29(26,27)15-4-2-1-3-5-15/h1-7,12H,8-11,13H2. The second-order valence-electron chi connectivity index (χ2n) is 6.30. The number of hydrogen-bond donors (Lipinski definition) is 0. The Morgan fingerprint density at radius 2 is 1.69 bits per heavy atom. The zero-order valence-electron chi connectivity index (χ0n) is 15.3. The van der Waals surface area contributed by atoms with Crippen molar-refractivity contribution in [2.45, 2.75) is 4.90 Å². The Bertz CT molecular complexity index is 1010. The molecular formula is C19H18ClFN2O5S. The van der Waals surface area contributed by atoms with Crippen LogP contribution < -0.4 is 0 Å². The second kappa shape index (κ2) is 8.89. The quantitative estimate of drug-likeness (QED) is 0.665. The molecule has 7 nitrogen and oxygen atoms in total. The van der Waals surface area contributed by atoms with Crippen LogP contribution in [0.15, 0.2) is 53.4 Å². The lowest BCUT2D eigenvalue weighted by molar-refractivity contribution is -0.135. The molecule has 1 saturated heterocycles.